The van der Waals surface area contributed by atoms with E-state index in [1.54, 1.807) is 12.1 Å². The number of hydrogen-bond acceptors (Lipinski definition) is 10. The maximum absolute atomic E-state index is 13.0. The van der Waals surface area contributed by atoms with Gasteiger partial charge < -0.3 is 39.1 Å². The van der Waals surface area contributed by atoms with Crippen molar-refractivity contribution in [3.05, 3.63) is 80.9 Å². The highest BCUT2D eigenvalue weighted by Gasteiger charge is 2.45. The second-order valence-electron chi connectivity index (χ2n) is 9.63. The smallest absolute Gasteiger partial charge is 0.338 e. The lowest BCUT2D eigenvalue weighted by molar-refractivity contribution is -0.277. The van der Waals surface area contributed by atoms with E-state index >= 15 is 0 Å². The largest absolute Gasteiger partial charge is 0.507 e. The molecule has 0 aliphatic carbocycles. The molecule has 10 heteroatoms. The molecular weight excluding hydrogens is 496 g/mol. The molecule has 5 atom stereocenters. The van der Waals surface area contributed by atoms with Crippen LogP contribution in [0.2, 0.25) is 0 Å². The first-order chi connectivity index (χ1) is 18.0. The number of ether oxygens (including phenoxy) is 3. The number of carbonyl (C=O) groups is 1. The second-order valence-corrected chi connectivity index (χ2v) is 9.63. The zero-order chi connectivity index (χ0) is 28.0. The normalized spacial score (nSPS) is 22.9. The number of phenolic OH excluding ortho intramolecular Hbond substituents is 1. The summed E-state index contributed by atoms with van der Waals surface area (Å²) < 4.78 is 21.1. The molecule has 206 valence electrons. The van der Waals surface area contributed by atoms with Gasteiger partial charge in [-0.15, -0.1) is 0 Å². The number of benzene rings is 1. The lowest BCUT2D eigenvalue weighted by atomic mass is 9.98. The first-order valence-corrected chi connectivity index (χ1v) is 12.2. The Labute approximate surface area is 220 Å². The van der Waals surface area contributed by atoms with Crippen molar-refractivity contribution in [1.29, 1.82) is 0 Å². The molecule has 2 heterocycles. The summed E-state index contributed by atoms with van der Waals surface area (Å²) in [4.78, 5) is 24.9. The quantitative estimate of drug-likeness (QED) is 0.280. The third-order valence-corrected chi connectivity index (χ3v) is 5.97. The van der Waals surface area contributed by atoms with Gasteiger partial charge in [-0.05, 0) is 63.8 Å². The molecule has 10 nitrogen and oxygen atoms in total. The van der Waals surface area contributed by atoms with Crippen LogP contribution in [0.25, 0.3) is 0 Å². The fourth-order valence-electron chi connectivity index (χ4n) is 3.76. The fourth-order valence-corrected chi connectivity index (χ4v) is 3.76. The summed E-state index contributed by atoms with van der Waals surface area (Å²) in [5.41, 5.74) is 2.87. The summed E-state index contributed by atoms with van der Waals surface area (Å²) in [6.07, 6.45) is -0.960. The lowest BCUT2D eigenvalue weighted by Gasteiger charge is -2.39. The summed E-state index contributed by atoms with van der Waals surface area (Å²) in [6.45, 7) is 7.24. The van der Waals surface area contributed by atoms with Crippen LogP contribution in [0.5, 0.6) is 11.5 Å². The molecule has 0 bridgehead atoms. The van der Waals surface area contributed by atoms with Crippen LogP contribution in [0.15, 0.2) is 63.2 Å². The SMILES string of the molecule is CC(C)=CCc1cc(C(=O)OCC2OC(Oc3coccc3=O)C(O)C(O)C2O)cc(CC=C(C)C)c1O. The molecule has 0 spiro atoms. The molecule has 2 aromatic rings. The van der Waals surface area contributed by atoms with Crippen LogP contribution >= 0.6 is 0 Å². The summed E-state index contributed by atoms with van der Waals surface area (Å²) in [5, 5.41) is 41.7. The Morgan fingerprint density at radius 1 is 0.974 bits per heavy atom. The van der Waals surface area contributed by atoms with E-state index in [0.717, 1.165) is 29.7 Å². The minimum absolute atomic E-state index is 0.102. The number of aromatic hydroxyl groups is 1. The van der Waals surface area contributed by atoms with Gasteiger partial charge in [0.25, 0.3) is 0 Å². The molecule has 3 rings (SSSR count). The van der Waals surface area contributed by atoms with Crippen molar-refractivity contribution in [1.82, 2.24) is 0 Å². The van der Waals surface area contributed by atoms with Crippen molar-refractivity contribution < 1.29 is 43.8 Å². The molecule has 0 amide bonds. The van der Waals surface area contributed by atoms with Crippen molar-refractivity contribution in [3.63, 3.8) is 0 Å². The van der Waals surface area contributed by atoms with E-state index in [1.165, 1.54) is 0 Å². The molecular formula is C28H34O10. The minimum Gasteiger partial charge on any atom is -0.507 e. The highest BCUT2D eigenvalue weighted by Crippen LogP contribution is 2.28. The van der Waals surface area contributed by atoms with Gasteiger partial charge in [0.05, 0.1) is 11.8 Å². The van der Waals surface area contributed by atoms with Crippen LogP contribution in [0.4, 0.5) is 0 Å². The molecule has 1 aliphatic heterocycles. The van der Waals surface area contributed by atoms with Crippen LogP contribution in [-0.4, -0.2) is 63.7 Å². The maximum Gasteiger partial charge on any atom is 0.338 e. The van der Waals surface area contributed by atoms with Crippen LogP contribution in [-0.2, 0) is 22.3 Å². The Bertz CT molecular complexity index is 1200. The number of allylic oxidation sites excluding steroid dienone is 4. The predicted octanol–water partition coefficient (Wildman–Crippen LogP) is 2.41. The van der Waals surface area contributed by atoms with Gasteiger partial charge in [0.1, 0.15) is 43.0 Å². The Hall–Kier alpha value is -3.44. The summed E-state index contributed by atoms with van der Waals surface area (Å²) >= 11 is 0. The summed E-state index contributed by atoms with van der Waals surface area (Å²) in [6, 6.07) is 4.19. The number of aliphatic hydroxyl groups excluding tert-OH is 3. The Morgan fingerprint density at radius 3 is 2.13 bits per heavy atom. The van der Waals surface area contributed by atoms with Gasteiger partial charge in [0.2, 0.25) is 17.5 Å². The standard InChI is InChI=1S/C28H34O10/c1-15(2)5-7-17-11-19(12-18(23(17)30)8-6-16(3)4)27(34)36-14-22-24(31)25(32)26(33)28(38-22)37-21-13-35-10-9-20(21)29/h5-6,9-13,22,24-26,28,30-33H,7-8,14H2,1-4H3. The number of carbonyl (C=O) groups excluding carboxylic acids is 1. The molecule has 1 aliphatic rings. The highest BCUT2D eigenvalue weighted by atomic mass is 16.7. The Morgan fingerprint density at radius 2 is 1.58 bits per heavy atom. The molecule has 1 fully saturated rings. The maximum atomic E-state index is 13.0. The van der Waals surface area contributed by atoms with Gasteiger partial charge in [0, 0.05) is 6.07 Å². The molecule has 5 unspecified atom stereocenters. The summed E-state index contributed by atoms with van der Waals surface area (Å²) in [7, 11) is 0. The zero-order valence-corrected chi connectivity index (χ0v) is 21.8. The third-order valence-electron chi connectivity index (χ3n) is 5.97. The lowest BCUT2D eigenvalue weighted by Crippen LogP contribution is -2.60. The average Bonchev–Trinajstić information content (AvgIpc) is 2.87. The van der Waals surface area contributed by atoms with Gasteiger partial charge in [-0.3, -0.25) is 4.79 Å². The minimum atomic E-state index is -1.70. The molecule has 38 heavy (non-hydrogen) atoms. The van der Waals surface area contributed by atoms with Crippen molar-refractivity contribution >= 4 is 5.97 Å². The monoisotopic (exact) mass is 530 g/mol. The first-order valence-electron chi connectivity index (χ1n) is 12.2. The molecule has 0 saturated carbocycles. The topological polar surface area (TPSA) is 156 Å². The van der Waals surface area contributed by atoms with Crippen molar-refractivity contribution in [2.45, 2.75) is 71.2 Å². The van der Waals surface area contributed by atoms with Gasteiger partial charge in [-0.25, -0.2) is 4.79 Å². The van der Waals surface area contributed by atoms with Crippen LogP contribution in [0.3, 0.4) is 0 Å². The molecule has 1 aromatic carbocycles. The average molecular weight is 531 g/mol. The van der Waals surface area contributed by atoms with E-state index in [1.807, 2.05) is 39.8 Å². The van der Waals surface area contributed by atoms with Crippen LogP contribution in [0, 0.1) is 0 Å². The highest BCUT2D eigenvalue weighted by molar-refractivity contribution is 5.90. The first kappa shape index (κ1) is 29.1. The predicted molar refractivity (Wildman–Crippen MR) is 137 cm³/mol. The van der Waals surface area contributed by atoms with Crippen molar-refractivity contribution in [2.24, 2.45) is 0 Å². The third kappa shape index (κ3) is 7.32. The number of phenols is 1. The molecule has 4 N–H and O–H groups in total. The van der Waals surface area contributed by atoms with Crippen LogP contribution < -0.4 is 10.2 Å². The number of rotatable bonds is 9. The molecule has 0 radical (unpaired) electrons. The van der Waals surface area contributed by atoms with Gasteiger partial charge in [-0.2, -0.15) is 0 Å². The Balaban J connectivity index is 1.77. The number of hydrogen-bond donors (Lipinski definition) is 4. The molecule has 1 aromatic heterocycles. The molecule has 1 saturated heterocycles. The van der Waals surface area contributed by atoms with Gasteiger partial charge in [0.15, 0.2) is 0 Å². The second kappa shape index (κ2) is 12.9. The summed E-state index contributed by atoms with van der Waals surface area (Å²) in [5.74, 6) is -0.905. The van der Waals surface area contributed by atoms with E-state index in [4.69, 9.17) is 18.6 Å². The zero-order valence-electron chi connectivity index (χ0n) is 21.8. The van der Waals surface area contributed by atoms with Crippen molar-refractivity contribution in [2.75, 3.05) is 6.61 Å². The van der Waals surface area contributed by atoms with E-state index in [-0.39, 0.29) is 17.1 Å². The van der Waals surface area contributed by atoms with E-state index < -0.39 is 48.7 Å². The van der Waals surface area contributed by atoms with Gasteiger partial charge in [-0.1, -0.05) is 23.3 Å². The number of esters is 1. The van der Waals surface area contributed by atoms with Gasteiger partial charge >= 0.3 is 5.97 Å². The van der Waals surface area contributed by atoms with Crippen LogP contribution in [0.1, 0.15) is 49.2 Å². The van der Waals surface area contributed by atoms with E-state index in [2.05, 4.69) is 0 Å². The van der Waals surface area contributed by atoms with E-state index in [0.29, 0.717) is 24.0 Å². The number of aliphatic hydroxyl groups is 3. The van der Waals surface area contributed by atoms with Crippen molar-refractivity contribution in [3.8, 4) is 11.5 Å². The Kier molecular flexibility index (Phi) is 9.87. The van der Waals surface area contributed by atoms with E-state index in [9.17, 15) is 30.0 Å². The fraction of sp³-hybridized carbons (Fsp3) is 0.429.